The topological polar surface area (TPSA) is 77.1 Å². The SMILES string of the molecule is COc1ccc(C)cc1NC(=O)CCN(C(=O)COc1ccccc1OC)C1CC1. The minimum absolute atomic E-state index is 0.0931. The third kappa shape index (κ3) is 5.65. The molecule has 1 fully saturated rings. The van der Waals surface area contributed by atoms with Crippen molar-refractivity contribution >= 4 is 17.5 Å². The highest BCUT2D eigenvalue weighted by Gasteiger charge is 2.33. The number of hydrogen-bond acceptors (Lipinski definition) is 5. The highest BCUT2D eigenvalue weighted by Crippen LogP contribution is 2.29. The standard InChI is InChI=1S/C23H28N2O5/c1-16-8-11-19(28-2)18(14-16)24-22(26)12-13-25(17-9-10-17)23(27)15-30-21-7-5-4-6-20(21)29-3/h4-8,11,14,17H,9-10,12-13,15H2,1-3H3,(H,24,26). The fraction of sp³-hybridized carbons (Fsp3) is 0.391. The second-order valence-corrected chi connectivity index (χ2v) is 7.26. The van der Waals surface area contributed by atoms with Crippen LogP contribution < -0.4 is 19.5 Å². The number of anilines is 1. The number of ether oxygens (including phenoxy) is 3. The van der Waals surface area contributed by atoms with E-state index in [1.54, 1.807) is 31.3 Å². The first kappa shape index (κ1) is 21.5. The second kappa shape index (κ2) is 10.0. The van der Waals surface area contributed by atoms with Crippen LogP contribution in [0, 0.1) is 6.92 Å². The molecule has 0 bridgehead atoms. The van der Waals surface area contributed by atoms with Gasteiger partial charge in [0.25, 0.3) is 5.91 Å². The number of carbonyl (C=O) groups excluding carboxylic acids is 2. The van der Waals surface area contributed by atoms with Gasteiger partial charge in [-0.3, -0.25) is 9.59 Å². The van der Waals surface area contributed by atoms with Crippen LogP contribution in [0.2, 0.25) is 0 Å². The quantitative estimate of drug-likeness (QED) is 0.647. The molecule has 1 saturated carbocycles. The highest BCUT2D eigenvalue weighted by atomic mass is 16.5. The molecular weight excluding hydrogens is 384 g/mol. The first-order valence-corrected chi connectivity index (χ1v) is 10.0. The number of carbonyl (C=O) groups is 2. The van der Waals surface area contributed by atoms with Gasteiger partial charge in [-0.05, 0) is 49.6 Å². The van der Waals surface area contributed by atoms with E-state index in [2.05, 4.69) is 5.32 Å². The van der Waals surface area contributed by atoms with Crippen LogP contribution in [0.15, 0.2) is 42.5 Å². The average Bonchev–Trinajstić information content (AvgIpc) is 3.58. The zero-order chi connectivity index (χ0) is 21.5. The number of para-hydroxylation sites is 2. The van der Waals surface area contributed by atoms with Gasteiger partial charge >= 0.3 is 0 Å². The predicted octanol–water partition coefficient (Wildman–Crippen LogP) is 3.41. The molecule has 0 unspecified atom stereocenters. The van der Waals surface area contributed by atoms with Gasteiger partial charge in [-0.15, -0.1) is 0 Å². The van der Waals surface area contributed by atoms with Gasteiger partial charge in [0.05, 0.1) is 19.9 Å². The summed E-state index contributed by atoms with van der Waals surface area (Å²) in [7, 11) is 3.12. The molecule has 3 rings (SSSR count). The molecule has 0 saturated heterocycles. The summed E-state index contributed by atoms with van der Waals surface area (Å²) in [5.74, 6) is 1.41. The summed E-state index contributed by atoms with van der Waals surface area (Å²) in [5, 5.41) is 2.88. The molecule has 0 spiro atoms. The van der Waals surface area contributed by atoms with Crippen LogP contribution in [0.3, 0.4) is 0 Å². The number of nitrogens with one attached hydrogen (secondary N) is 1. The Hall–Kier alpha value is -3.22. The van der Waals surface area contributed by atoms with Gasteiger partial charge in [-0.2, -0.15) is 0 Å². The molecule has 1 N–H and O–H groups in total. The lowest BCUT2D eigenvalue weighted by Gasteiger charge is -2.22. The lowest BCUT2D eigenvalue weighted by molar-refractivity contribution is -0.134. The molecule has 2 amide bonds. The van der Waals surface area contributed by atoms with Gasteiger partial charge in [0.15, 0.2) is 18.1 Å². The lowest BCUT2D eigenvalue weighted by Crippen LogP contribution is -2.38. The molecule has 7 heteroatoms. The molecule has 2 aromatic carbocycles. The van der Waals surface area contributed by atoms with E-state index in [1.165, 1.54) is 0 Å². The average molecular weight is 412 g/mol. The molecule has 7 nitrogen and oxygen atoms in total. The molecule has 0 atom stereocenters. The Morgan fingerprint density at radius 1 is 1.03 bits per heavy atom. The highest BCUT2D eigenvalue weighted by molar-refractivity contribution is 5.92. The number of hydrogen-bond donors (Lipinski definition) is 1. The van der Waals surface area contributed by atoms with Crippen molar-refractivity contribution in [1.82, 2.24) is 4.90 Å². The zero-order valence-electron chi connectivity index (χ0n) is 17.6. The molecule has 2 aromatic rings. The Morgan fingerprint density at radius 3 is 2.40 bits per heavy atom. The van der Waals surface area contributed by atoms with E-state index in [1.807, 2.05) is 37.3 Å². The first-order valence-electron chi connectivity index (χ1n) is 10.0. The minimum Gasteiger partial charge on any atom is -0.495 e. The molecule has 0 aromatic heterocycles. The monoisotopic (exact) mass is 412 g/mol. The summed E-state index contributed by atoms with van der Waals surface area (Å²) in [4.78, 5) is 26.9. The molecular formula is C23H28N2O5. The van der Waals surface area contributed by atoms with Gasteiger partial charge in [0.1, 0.15) is 5.75 Å². The second-order valence-electron chi connectivity index (χ2n) is 7.26. The summed E-state index contributed by atoms with van der Waals surface area (Å²) < 4.78 is 16.2. The zero-order valence-corrected chi connectivity index (χ0v) is 17.6. The van der Waals surface area contributed by atoms with Crippen molar-refractivity contribution in [2.45, 2.75) is 32.2 Å². The van der Waals surface area contributed by atoms with Crippen molar-refractivity contribution in [2.75, 3.05) is 32.7 Å². The van der Waals surface area contributed by atoms with Crippen LogP contribution >= 0.6 is 0 Å². The summed E-state index contributed by atoms with van der Waals surface area (Å²) >= 11 is 0. The fourth-order valence-electron chi connectivity index (χ4n) is 3.21. The summed E-state index contributed by atoms with van der Waals surface area (Å²) in [6, 6.07) is 13.0. The summed E-state index contributed by atoms with van der Waals surface area (Å²) in [5.41, 5.74) is 1.65. The number of rotatable bonds is 10. The van der Waals surface area contributed by atoms with E-state index in [4.69, 9.17) is 14.2 Å². The van der Waals surface area contributed by atoms with Crippen LogP contribution in [0.25, 0.3) is 0 Å². The molecule has 0 aliphatic heterocycles. The van der Waals surface area contributed by atoms with Crippen LogP contribution in [0.5, 0.6) is 17.2 Å². The third-order valence-corrected chi connectivity index (χ3v) is 4.94. The largest absolute Gasteiger partial charge is 0.495 e. The van der Waals surface area contributed by atoms with E-state index >= 15 is 0 Å². The lowest BCUT2D eigenvalue weighted by atomic mass is 10.2. The molecule has 0 heterocycles. The van der Waals surface area contributed by atoms with E-state index < -0.39 is 0 Å². The molecule has 1 aliphatic carbocycles. The number of methoxy groups -OCH3 is 2. The maximum Gasteiger partial charge on any atom is 0.260 e. The van der Waals surface area contributed by atoms with E-state index in [0.717, 1.165) is 18.4 Å². The summed E-state index contributed by atoms with van der Waals surface area (Å²) in [6.07, 6.45) is 2.11. The van der Waals surface area contributed by atoms with Crippen LogP contribution in [0.1, 0.15) is 24.8 Å². The molecule has 160 valence electrons. The number of aryl methyl sites for hydroxylation is 1. The number of amides is 2. The van der Waals surface area contributed by atoms with Crippen molar-refractivity contribution in [3.8, 4) is 17.2 Å². The first-order chi connectivity index (χ1) is 14.5. The normalized spacial score (nSPS) is 12.8. The smallest absolute Gasteiger partial charge is 0.260 e. The van der Waals surface area contributed by atoms with Gasteiger partial charge in [-0.1, -0.05) is 18.2 Å². The van der Waals surface area contributed by atoms with Crippen LogP contribution in [-0.4, -0.2) is 50.1 Å². The molecule has 30 heavy (non-hydrogen) atoms. The van der Waals surface area contributed by atoms with Gasteiger partial charge in [0, 0.05) is 19.0 Å². The summed E-state index contributed by atoms with van der Waals surface area (Å²) in [6.45, 7) is 2.20. The Kier molecular flexibility index (Phi) is 7.17. The Labute approximate surface area is 176 Å². The van der Waals surface area contributed by atoms with Crippen LogP contribution in [-0.2, 0) is 9.59 Å². The van der Waals surface area contributed by atoms with Gasteiger partial charge in [0.2, 0.25) is 5.91 Å². The van der Waals surface area contributed by atoms with Crippen LogP contribution in [0.4, 0.5) is 5.69 Å². The van der Waals surface area contributed by atoms with Crippen molar-refractivity contribution < 1.29 is 23.8 Å². The maximum atomic E-state index is 12.7. The van der Waals surface area contributed by atoms with Crippen molar-refractivity contribution in [1.29, 1.82) is 0 Å². The van der Waals surface area contributed by atoms with Crippen molar-refractivity contribution in [3.05, 3.63) is 48.0 Å². The molecule has 0 radical (unpaired) electrons. The van der Waals surface area contributed by atoms with E-state index in [0.29, 0.717) is 29.5 Å². The Balaban J connectivity index is 1.55. The van der Waals surface area contributed by atoms with Crippen molar-refractivity contribution in [3.63, 3.8) is 0 Å². The Morgan fingerprint density at radius 2 is 1.73 bits per heavy atom. The predicted molar refractivity (Wildman–Crippen MR) is 114 cm³/mol. The van der Waals surface area contributed by atoms with E-state index in [9.17, 15) is 9.59 Å². The Bertz CT molecular complexity index is 895. The minimum atomic E-state index is -0.164. The number of benzene rings is 2. The van der Waals surface area contributed by atoms with Crippen molar-refractivity contribution in [2.24, 2.45) is 0 Å². The van der Waals surface area contributed by atoms with Gasteiger partial charge < -0.3 is 24.4 Å². The van der Waals surface area contributed by atoms with Gasteiger partial charge in [-0.25, -0.2) is 0 Å². The van der Waals surface area contributed by atoms with E-state index in [-0.39, 0.29) is 30.9 Å². The number of nitrogens with zero attached hydrogens (tertiary/aromatic N) is 1. The third-order valence-electron chi connectivity index (χ3n) is 4.94. The fourth-order valence-corrected chi connectivity index (χ4v) is 3.21. The maximum absolute atomic E-state index is 12.7. The molecule has 1 aliphatic rings.